The molecule has 4 N–H and O–H groups in total. The molecule has 0 bridgehead atoms. The van der Waals surface area contributed by atoms with E-state index in [9.17, 15) is 14.7 Å². The molecule has 168 valence electrons. The molecule has 0 unspecified atom stereocenters. The summed E-state index contributed by atoms with van der Waals surface area (Å²) in [5, 5.41) is 14.8. The van der Waals surface area contributed by atoms with Gasteiger partial charge in [-0.25, -0.2) is 0 Å². The molecule has 6 nitrogen and oxygen atoms in total. The molecule has 2 aliphatic rings. The van der Waals surface area contributed by atoms with Crippen LogP contribution >= 0.6 is 0 Å². The van der Waals surface area contributed by atoms with Crippen LogP contribution in [0.1, 0.15) is 35.1 Å². The molecule has 3 aromatic rings. The van der Waals surface area contributed by atoms with E-state index in [2.05, 4.69) is 5.32 Å². The minimum atomic E-state index is -1.80. The van der Waals surface area contributed by atoms with Crippen molar-refractivity contribution in [3.05, 3.63) is 95.1 Å². The van der Waals surface area contributed by atoms with Crippen molar-refractivity contribution < 1.29 is 14.7 Å². The van der Waals surface area contributed by atoms with Crippen molar-refractivity contribution in [3.63, 3.8) is 0 Å². The third kappa shape index (κ3) is 3.43. The lowest BCUT2D eigenvalue weighted by atomic mass is 9.89. The van der Waals surface area contributed by atoms with Gasteiger partial charge in [-0.2, -0.15) is 0 Å². The van der Waals surface area contributed by atoms with Crippen LogP contribution in [0, 0.1) is 0 Å². The number of hydrogen-bond donors (Lipinski definition) is 3. The number of benzene rings is 3. The number of likely N-dealkylation sites (tertiary alicyclic amines) is 1. The Morgan fingerprint density at radius 3 is 2.15 bits per heavy atom. The number of carbonyl (C=O) groups excluding carboxylic acids is 2. The Balaban J connectivity index is 1.41. The highest BCUT2D eigenvalue weighted by molar-refractivity contribution is 6.00. The highest BCUT2D eigenvalue weighted by Gasteiger charge is 2.52. The summed E-state index contributed by atoms with van der Waals surface area (Å²) in [6.45, 7) is 1.18. The Hall–Kier alpha value is -3.48. The summed E-state index contributed by atoms with van der Waals surface area (Å²) >= 11 is 0. The lowest BCUT2D eigenvalue weighted by Crippen LogP contribution is -2.52. The average molecular weight is 442 g/mol. The first kappa shape index (κ1) is 21.4. The van der Waals surface area contributed by atoms with E-state index in [0.717, 1.165) is 22.3 Å². The predicted octanol–water partition coefficient (Wildman–Crippen LogP) is 2.67. The van der Waals surface area contributed by atoms with Gasteiger partial charge in [0, 0.05) is 30.8 Å². The number of aliphatic hydroxyl groups is 1. The fraction of sp³-hybridized carbons (Fsp3) is 0.259. The van der Waals surface area contributed by atoms with E-state index in [1.54, 1.807) is 17.0 Å². The topological polar surface area (TPSA) is 95.7 Å². The zero-order valence-electron chi connectivity index (χ0n) is 18.3. The van der Waals surface area contributed by atoms with Crippen LogP contribution in [0.5, 0.6) is 0 Å². The van der Waals surface area contributed by atoms with Gasteiger partial charge in [-0.15, -0.1) is 0 Å². The zero-order chi connectivity index (χ0) is 23.0. The van der Waals surface area contributed by atoms with Gasteiger partial charge in [0.25, 0.3) is 5.91 Å². The SMILES string of the molecule is NCc1ccccc1CNC(=O)[C@@H]1CCCN1C(=O)C1(O)c2ccccc2-c2ccccc21. The van der Waals surface area contributed by atoms with E-state index in [4.69, 9.17) is 5.73 Å². The van der Waals surface area contributed by atoms with Crippen LogP contribution in [0.2, 0.25) is 0 Å². The number of hydrogen-bond acceptors (Lipinski definition) is 4. The van der Waals surface area contributed by atoms with Crippen molar-refractivity contribution in [2.45, 2.75) is 37.6 Å². The Morgan fingerprint density at radius 2 is 1.52 bits per heavy atom. The van der Waals surface area contributed by atoms with Gasteiger partial charge in [0.15, 0.2) is 5.60 Å². The smallest absolute Gasteiger partial charge is 0.264 e. The molecule has 1 atom stereocenters. The number of amides is 2. The molecular formula is C27H27N3O3. The summed E-state index contributed by atoms with van der Waals surface area (Å²) in [5.74, 6) is -0.657. The van der Waals surface area contributed by atoms with Crippen molar-refractivity contribution >= 4 is 11.8 Å². The molecule has 3 aromatic carbocycles. The average Bonchev–Trinajstić information content (AvgIpc) is 3.45. The summed E-state index contributed by atoms with van der Waals surface area (Å²) < 4.78 is 0. The van der Waals surface area contributed by atoms with Crippen LogP contribution in [0.3, 0.4) is 0 Å². The van der Waals surface area contributed by atoms with Crippen LogP contribution in [-0.2, 0) is 28.3 Å². The Labute approximate surface area is 193 Å². The second-order valence-electron chi connectivity index (χ2n) is 8.65. The molecule has 0 spiro atoms. The summed E-state index contributed by atoms with van der Waals surface area (Å²) in [5.41, 5.74) is 8.78. The van der Waals surface area contributed by atoms with Gasteiger partial charge in [-0.05, 0) is 35.1 Å². The molecule has 1 heterocycles. The quantitative estimate of drug-likeness (QED) is 0.567. The maximum atomic E-state index is 13.9. The summed E-state index contributed by atoms with van der Waals surface area (Å²) in [6.07, 6.45) is 1.28. The summed E-state index contributed by atoms with van der Waals surface area (Å²) in [6, 6.07) is 22.0. The van der Waals surface area contributed by atoms with Crippen LogP contribution in [0.15, 0.2) is 72.8 Å². The van der Waals surface area contributed by atoms with E-state index >= 15 is 0 Å². The van der Waals surface area contributed by atoms with Crippen LogP contribution in [0.25, 0.3) is 11.1 Å². The minimum absolute atomic E-state index is 0.212. The number of rotatable bonds is 5. The van der Waals surface area contributed by atoms with Crippen molar-refractivity contribution in [3.8, 4) is 11.1 Å². The maximum Gasteiger partial charge on any atom is 0.264 e. The van der Waals surface area contributed by atoms with Crippen LogP contribution < -0.4 is 11.1 Å². The lowest BCUT2D eigenvalue weighted by molar-refractivity contribution is -0.151. The van der Waals surface area contributed by atoms with E-state index in [-0.39, 0.29) is 5.91 Å². The Morgan fingerprint density at radius 1 is 0.939 bits per heavy atom. The third-order valence-corrected chi connectivity index (χ3v) is 6.84. The van der Waals surface area contributed by atoms with Gasteiger partial charge in [-0.3, -0.25) is 9.59 Å². The molecule has 1 saturated heterocycles. The van der Waals surface area contributed by atoms with E-state index in [1.807, 2.05) is 60.7 Å². The second-order valence-corrected chi connectivity index (χ2v) is 8.65. The van der Waals surface area contributed by atoms with Gasteiger partial charge in [0.05, 0.1) is 0 Å². The molecular weight excluding hydrogens is 414 g/mol. The standard InChI is InChI=1S/C27H27N3O3/c28-16-18-8-1-2-9-19(18)17-29-25(31)24-14-7-15-30(24)26(32)27(33)22-12-5-3-10-20(22)21-11-4-6-13-23(21)27/h1-6,8-13,24,33H,7,14-17,28H2,(H,29,31)/t24-/m0/s1. The first-order valence-corrected chi connectivity index (χ1v) is 11.3. The molecule has 1 aliphatic heterocycles. The lowest BCUT2D eigenvalue weighted by Gasteiger charge is -2.32. The molecule has 0 saturated carbocycles. The first-order valence-electron chi connectivity index (χ1n) is 11.3. The zero-order valence-corrected chi connectivity index (χ0v) is 18.3. The van der Waals surface area contributed by atoms with E-state index in [0.29, 0.717) is 43.6 Å². The fourth-order valence-corrected chi connectivity index (χ4v) is 5.16. The highest BCUT2D eigenvalue weighted by Crippen LogP contribution is 2.48. The largest absolute Gasteiger partial charge is 0.372 e. The van der Waals surface area contributed by atoms with Gasteiger partial charge in [-0.1, -0.05) is 72.8 Å². The van der Waals surface area contributed by atoms with Crippen LogP contribution in [0.4, 0.5) is 0 Å². The maximum absolute atomic E-state index is 13.9. The molecule has 0 aromatic heterocycles. The predicted molar refractivity (Wildman–Crippen MR) is 126 cm³/mol. The van der Waals surface area contributed by atoms with E-state index < -0.39 is 17.6 Å². The van der Waals surface area contributed by atoms with Crippen molar-refractivity contribution in [2.24, 2.45) is 5.73 Å². The van der Waals surface area contributed by atoms with Crippen molar-refractivity contribution in [1.82, 2.24) is 10.2 Å². The molecule has 33 heavy (non-hydrogen) atoms. The minimum Gasteiger partial charge on any atom is -0.372 e. The first-order chi connectivity index (χ1) is 16.1. The van der Waals surface area contributed by atoms with Crippen molar-refractivity contribution in [1.29, 1.82) is 0 Å². The van der Waals surface area contributed by atoms with Gasteiger partial charge in [0.2, 0.25) is 5.91 Å². The molecule has 5 rings (SSSR count). The molecule has 2 amide bonds. The number of nitrogens with two attached hydrogens (primary N) is 1. The summed E-state index contributed by atoms with van der Waals surface area (Å²) in [4.78, 5) is 28.5. The monoisotopic (exact) mass is 441 g/mol. The fourth-order valence-electron chi connectivity index (χ4n) is 5.16. The second kappa shape index (κ2) is 8.46. The van der Waals surface area contributed by atoms with Gasteiger partial charge < -0.3 is 21.1 Å². The molecule has 1 fully saturated rings. The normalized spacial score (nSPS) is 18.0. The Bertz CT molecular complexity index is 1180. The number of carbonyl (C=O) groups is 2. The van der Waals surface area contributed by atoms with Crippen LogP contribution in [-0.4, -0.2) is 34.4 Å². The van der Waals surface area contributed by atoms with E-state index in [1.165, 1.54) is 0 Å². The van der Waals surface area contributed by atoms with Crippen molar-refractivity contribution in [2.75, 3.05) is 6.54 Å². The highest BCUT2D eigenvalue weighted by atomic mass is 16.3. The molecule has 1 aliphatic carbocycles. The summed E-state index contributed by atoms with van der Waals surface area (Å²) in [7, 11) is 0. The number of nitrogens with one attached hydrogen (secondary N) is 1. The number of fused-ring (bicyclic) bond motifs is 3. The molecule has 0 radical (unpaired) electrons. The van der Waals surface area contributed by atoms with Gasteiger partial charge in [0.1, 0.15) is 6.04 Å². The number of nitrogens with zero attached hydrogens (tertiary/aromatic N) is 1. The Kier molecular flexibility index (Phi) is 5.48. The third-order valence-electron chi connectivity index (χ3n) is 6.84. The van der Waals surface area contributed by atoms with Gasteiger partial charge >= 0.3 is 0 Å². The molecule has 6 heteroatoms.